The molecule has 0 aromatic carbocycles. The van der Waals surface area contributed by atoms with Crippen LogP contribution in [0.1, 0.15) is 50.4 Å². The van der Waals surface area contributed by atoms with Crippen molar-refractivity contribution in [2.75, 3.05) is 25.0 Å². The van der Waals surface area contributed by atoms with Crippen LogP contribution in [0.15, 0.2) is 12.4 Å². The van der Waals surface area contributed by atoms with Crippen LogP contribution in [0.4, 0.5) is 5.95 Å². The van der Waals surface area contributed by atoms with Crippen LogP contribution in [0.5, 0.6) is 0 Å². The summed E-state index contributed by atoms with van der Waals surface area (Å²) < 4.78 is 0. The number of carbonyl (C=O) groups is 1. The monoisotopic (exact) mass is 290 g/mol. The van der Waals surface area contributed by atoms with E-state index < -0.39 is 0 Å². The van der Waals surface area contributed by atoms with E-state index in [4.69, 9.17) is 0 Å². The maximum Gasteiger partial charge on any atom is 0.257 e. The van der Waals surface area contributed by atoms with Crippen LogP contribution in [0, 0.1) is 11.8 Å². The van der Waals surface area contributed by atoms with Crippen molar-refractivity contribution in [1.29, 1.82) is 0 Å². The van der Waals surface area contributed by atoms with Gasteiger partial charge < -0.3 is 10.2 Å². The summed E-state index contributed by atoms with van der Waals surface area (Å²) in [5.74, 6) is 1.88. The molecule has 2 heterocycles. The van der Waals surface area contributed by atoms with E-state index in [9.17, 15) is 4.79 Å². The van der Waals surface area contributed by atoms with Gasteiger partial charge in [-0.1, -0.05) is 20.8 Å². The number of amides is 1. The molecule has 1 aromatic rings. The van der Waals surface area contributed by atoms with Gasteiger partial charge in [0.25, 0.3) is 5.91 Å². The summed E-state index contributed by atoms with van der Waals surface area (Å²) in [4.78, 5) is 22.8. The van der Waals surface area contributed by atoms with Gasteiger partial charge in [-0.15, -0.1) is 0 Å². The van der Waals surface area contributed by atoms with Gasteiger partial charge in [-0.25, -0.2) is 9.97 Å². The lowest BCUT2D eigenvalue weighted by Gasteiger charge is -2.30. The summed E-state index contributed by atoms with van der Waals surface area (Å²) in [6.07, 6.45) is 6.63. The molecule has 116 valence electrons. The van der Waals surface area contributed by atoms with Crippen LogP contribution in [0.3, 0.4) is 0 Å². The minimum atomic E-state index is 0.0512. The van der Waals surface area contributed by atoms with Crippen molar-refractivity contribution in [2.24, 2.45) is 11.8 Å². The van der Waals surface area contributed by atoms with Gasteiger partial charge >= 0.3 is 0 Å². The Bertz CT molecular complexity index is 458. The summed E-state index contributed by atoms with van der Waals surface area (Å²) in [7, 11) is 0. The van der Waals surface area contributed by atoms with Crippen molar-refractivity contribution in [3.63, 3.8) is 0 Å². The predicted octanol–water partition coefficient (Wildman–Crippen LogP) is 2.81. The molecule has 1 aliphatic rings. The Balaban J connectivity index is 1.90. The third-order valence-electron chi connectivity index (χ3n) is 3.85. The molecule has 0 bridgehead atoms. The number of rotatable bonds is 5. The molecule has 2 rings (SSSR count). The van der Waals surface area contributed by atoms with Crippen LogP contribution in [0.2, 0.25) is 0 Å². The molecule has 5 heteroatoms. The summed E-state index contributed by atoms with van der Waals surface area (Å²) >= 11 is 0. The number of carbonyl (C=O) groups excluding carboxylic acids is 1. The SMILES string of the molecule is CC(C)CCNc1ncc(C(=O)N2CCCC(C)C2)cn1. The lowest BCUT2D eigenvalue weighted by Crippen LogP contribution is -2.39. The topological polar surface area (TPSA) is 58.1 Å². The Hall–Kier alpha value is -1.65. The van der Waals surface area contributed by atoms with E-state index in [0.717, 1.165) is 32.5 Å². The molecule has 1 amide bonds. The summed E-state index contributed by atoms with van der Waals surface area (Å²) in [5, 5.41) is 3.18. The smallest absolute Gasteiger partial charge is 0.257 e. The molecule has 0 saturated carbocycles. The minimum Gasteiger partial charge on any atom is -0.354 e. The summed E-state index contributed by atoms with van der Waals surface area (Å²) in [6, 6.07) is 0. The maximum atomic E-state index is 12.4. The number of hydrogen-bond acceptors (Lipinski definition) is 4. The second-order valence-electron chi connectivity index (χ2n) is 6.40. The summed E-state index contributed by atoms with van der Waals surface area (Å²) in [5.41, 5.74) is 0.582. The fourth-order valence-corrected chi connectivity index (χ4v) is 2.56. The Morgan fingerprint density at radius 2 is 2.14 bits per heavy atom. The zero-order valence-corrected chi connectivity index (χ0v) is 13.3. The number of piperidine rings is 1. The molecule has 21 heavy (non-hydrogen) atoms. The molecule has 0 radical (unpaired) electrons. The van der Waals surface area contributed by atoms with Crippen molar-refractivity contribution in [3.8, 4) is 0 Å². The molecule has 1 aromatic heterocycles. The summed E-state index contributed by atoms with van der Waals surface area (Å²) in [6.45, 7) is 9.10. The van der Waals surface area contributed by atoms with E-state index in [-0.39, 0.29) is 5.91 Å². The van der Waals surface area contributed by atoms with Gasteiger partial charge in [-0.2, -0.15) is 0 Å². The highest BCUT2D eigenvalue weighted by Crippen LogP contribution is 2.17. The van der Waals surface area contributed by atoms with Gasteiger partial charge in [0.15, 0.2) is 0 Å². The van der Waals surface area contributed by atoms with Crippen LogP contribution in [0.25, 0.3) is 0 Å². The average molecular weight is 290 g/mol. The Kier molecular flexibility index (Phi) is 5.53. The molecule has 0 spiro atoms. The highest BCUT2D eigenvalue weighted by molar-refractivity contribution is 5.93. The molecule has 1 aliphatic heterocycles. The van der Waals surface area contributed by atoms with Gasteiger partial charge in [0.2, 0.25) is 5.95 Å². The van der Waals surface area contributed by atoms with Crippen molar-refractivity contribution in [2.45, 2.75) is 40.0 Å². The Morgan fingerprint density at radius 3 is 2.76 bits per heavy atom. The number of aromatic nitrogens is 2. The zero-order chi connectivity index (χ0) is 15.2. The predicted molar refractivity (Wildman–Crippen MR) is 84.3 cm³/mol. The van der Waals surface area contributed by atoms with Gasteiger partial charge in [0.1, 0.15) is 0 Å². The van der Waals surface area contributed by atoms with Gasteiger partial charge in [0, 0.05) is 32.0 Å². The van der Waals surface area contributed by atoms with Crippen molar-refractivity contribution in [1.82, 2.24) is 14.9 Å². The highest BCUT2D eigenvalue weighted by Gasteiger charge is 2.22. The Morgan fingerprint density at radius 1 is 1.43 bits per heavy atom. The molecule has 1 atom stereocenters. The number of nitrogens with one attached hydrogen (secondary N) is 1. The van der Waals surface area contributed by atoms with E-state index in [1.165, 1.54) is 6.42 Å². The van der Waals surface area contributed by atoms with E-state index in [0.29, 0.717) is 23.3 Å². The third kappa shape index (κ3) is 4.69. The molecule has 1 unspecified atom stereocenters. The fourth-order valence-electron chi connectivity index (χ4n) is 2.56. The number of likely N-dealkylation sites (tertiary alicyclic amines) is 1. The second-order valence-corrected chi connectivity index (χ2v) is 6.40. The molecular formula is C16H26N4O. The zero-order valence-electron chi connectivity index (χ0n) is 13.3. The van der Waals surface area contributed by atoms with Crippen LogP contribution < -0.4 is 5.32 Å². The highest BCUT2D eigenvalue weighted by atomic mass is 16.2. The third-order valence-corrected chi connectivity index (χ3v) is 3.85. The number of anilines is 1. The molecule has 0 aliphatic carbocycles. The van der Waals surface area contributed by atoms with Crippen molar-refractivity contribution < 1.29 is 4.79 Å². The average Bonchev–Trinajstić information content (AvgIpc) is 2.47. The molecular weight excluding hydrogens is 264 g/mol. The molecule has 5 nitrogen and oxygen atoms in total. The van der Waals surface area contributed by atoms with E-state index >= 15 is 0 Å². The normalized spacial score (nSPS) is 18.9. The van der Waals surface area contributed by atoms with Crippen LogP contribution in [-0.2, 0) is 0 Å². The van der Waals surface area contributed by atoms with Gasteiger partial charge in [-0.3, -0.25) is 4.79 Å². The van der Waals surface area contributed by atoms with Gasteiger partial charge in [0.05, 0.1) is 5.56 Å². The van der Waals surface area contributed by atoms with Crippen molar-refractivity contribution in [3.05, 3.63) is 18.0 Å². The minimum absolute atomic E-state index is 0.0512. The lowest BCUT2D eigenvalue weighted by molar-refractivity contribution is 0.0682. The first-order valence-corrected chi connectivity index (χ1v) is 7.91. The van der Waals surface area contributed by atoms with Crippen LogP contribution >= 0.6 is 0 Å². The van der Waals surface area contributed by atoms with Crippen LogP contribution in [-0.4, -0.2) is 40.4 Å². The lowest BCUT2D eigenvalue weighted by atomic mass is 10.00. The molecule has 1 fully saturated rings. The Labute approximate surface area is 127 Å². The van der Waals surface area contributed by atoms with Crippen molar-refractivity contribution >= 4 is 11.9 Å². The van der Waals surface area contributed by atoms with E-state index in [2.05, 4.69) is 36.1 Å². The first-order valence-electron chi connectivity index (χ1n) is 7.91. The molecule has 1 N–H and O–H groups in total. The first kappa shape index (κ1) is 15.7. The van der Waals surface area contributed by atoms with Gasteiger partial charge in [-0.05, 0) is 31.1 Å². The number of hydrogen-bond donors (Lipinski definition) is 1. The molecule has 1 saturated heterocycles. The second kappa shape index (κ2) is 7.38. The van der Waals surface area contributed by atoms with E-state index in [1.54, 1.807) is 12.4 Å². The largest absolute Gasteiger partial charge is 0.354 e. The fraction of sp³-hybridized carbons (Fsp3) is 0.688. The van der Waals surface area contributed by atoms with E-state index in [1.807, 2.05) is 4.90 Å². The quantitative estimate of drug-likeness (QED) is 0.906. The first-order chi connectivity index (χ1) is 10.1. The standard InChI is InChI=1S/C16H26N4O/c1-12(2)6-7-17-16-18-9-14(10-19-16)15(21)20-8-4-5-13(3)11-20/h9-10,12-13H,4-8,11H2,1-3H3,(H,17,18,19). The number of nitrogens with zero attached hydrogens (tertiary/aromatic N) is 3. The maximum absolute atomic E-state index is 12.4.